The lowest BCUT2D eigenvalue weighted by Gasteiger charge is -2.00. The fourth-order valence-corrected chi connectivity index (χ4v) is 1.69. The molecule has 1 heterocycles. The zero-order valence-corrected chi connectivity index (χ0v) is 10.1. The van der Waals surface area contributed by atoms with Crippen molar-refractivity contribution >= 4 is 5.97 Å². The molecular weight excluding hydrogens is 236 g/mol. The van der Waals surface area contributed by atoms with Crippen LogP contribution in [-0.4, -0.2) is 19.7 Å². The third-order valence-electron chi connectivity index (χ3n) is 2.46. The molecule has 1 aliphatic carbocycles. The summed E-state index contributed by atoms with van der Waals surface area (Å²) in [5.41, 5.74) is -0.422. The molecule has 0 atom stereocenters. The molecule has 0 unspecified atom stereocenters. The Hall–Kier alpha value is -2.30. The number of fused-ring (bicyclic) bond motifs is 1. The van der Waals surface area contributed by atoms with Gasteiger partial charge < -0.3 is 13.9 Å². The summed E-state index contributed by atoms with van der Waals surface area (Å²) in [6.45, 7) is 1.87. The van der Waals surface area contributed by atoms with Gasteiger partial charge in [-0.3, -0.25) is 0 Å². The van der Waals surface area contributed by atoms with E-state index in [1.807, 2.05) is 0 Å². The molecule has 2 rings (SSSR count). The third-order valence-corrected chi connectivity index (χ3v) is 2.46. The van der Waals surface area contributed by atoms with Crippen molar-refractivity contribution in [2.45, 2.75) is 6.92 Å². The fourth-order valence-electron chi connectivity index (χ4n) is 1.69. The minimum Gasteiger partial charge on any atom is -0.493 e. The molecule has 0 saturated heterocycles. The second-order valence-electron chi connectivity index (χ2n) is 3.51. The van der Waals surface area contributed by atoms with Crippen molar-refractivity contribution in [3.8, 4) is 17.1 Å². The lowest BCUT2D eigenvalue weighted by Crippen LogP contribution is -2.13. The number of carbonyl (C=O) groups is 1. The molecule has 0 amide bonds. The van der Waals surface area contributed by atoms with E-state index in [0.717, 1.165) is 0 Å². The molecule has 0 aromatic rings. The molecule has 0 fully saturated rings. The van der Waals surface area contributed by atoms with Crippen LogP contribution in [0.4, 0.5) is 0 Å². The van der Waals surface area contributed by atoms with Gasteiger partial charge in [-0.15, -0.1) is 0 Å². The second kappa shape index (κ2) is 4.91. The zero-order chi connectivity index (χ0) is 13.1. The van der Waals surface area contributed by atoms with Crippen molar-refractivity contribution in [3.05, 3.63) is 40.2 Å². The maximum atomic E-state index is 11.7. The number of ether oxygens (including phenoxy) is 2. The van der Waals surface area contributed by atoms with Gasteiger partial charge in [-0.2, -0.15) is 0 Å². The van der Waals surface area contributed by atoms with Gasteiger partial charge in [0.05, 0.1) is 13.7 Å². The van der Waals surface area contributed by atoms with E-state index in [1.54, 1.807) is 31.2 Å². The molecule has 0 aromatic heterocycles. The summed E-state index contributed by atoms with van der Waals surface area (Å²) >= 11 is 0. The predicted octanol–water partition coefficient (Wildman–Crippen LogP) is 1.93. The Morgan fingerprint density at radius 1 is 1.33 bits per heavy atom. The van der Waals surface area contributed by atoms with Gasteiger partial charge in [-0.1, -0.05) is 12.1 Å². The third kappa shape index (κ3) is 1.95. The molecule has 0 radical (unpaired) electrons. The molecular formula is C13H12O5. The highest BCUT2D eigenvalue weighted by molar-refractivity contribution is 5.97. The lowest BCUT2D eigenvalue weighted by atomic mass is 10.1. The van der Waals surface area contributed by atoms with Gasteiger partial charge in [-0.25, -0.2) is 9.59 Å². The van der Waals surface area contributed by atoms with Crippen molar-refractivity contribution < 1.29 is 18.7 Å². The smallest absolute Gasteiger partial charge is 0.351 e. The van der Waals surface area contributed by atoms with Crippen LogP contribution in [0.2, 0.25) is 0 Å². The van der Waals surface area contributed by atoms with Crippen LogP contribution in [0.5, 0.6) is 5.75 Å². The van der Waals surface area contributed by atoms with E-state index in [9.17, 15) is 9.59 Å². The van der Waals surface area contributed by atoms with Crippen molar-refractivity contribution in [1.29, 1.82) is 0 Å². The highest BCUT2D eigenvalue weighted by Gasteiger charge is 2.26. The van der Waals surface area contributed by atoms with Crippen LogP contribution in [0.25, 0.3) is 11.3 Å². The number of methoxy groups -OCH3 is 1. The van der Waals surface area contributed by atoms with Gasteiger partial charge in [0.15, 0.2) is 17.1 Å². The average molecular weight is 248 g/mol. The van der Waals surface area contributed by atoms with Gasteiger partial charge >= 0.3 is 11.6 Å². The number of hydrogen-bond donors (Lipinski definition) is 0. The first-order valence-corrected chi connectivity index (χ1v) is 5.46. The van der Waals surface area contributed by atoms with Crippen LogP contribution in [0.15, 0.2) is 33.5 Å². The molecule has 2 aliphatic rings. The number of carbonyl (C=O) groups excluding carboxylic acids is 1. The van der Waals surface area contributed by atoms with E-state index >= 15 is 0 Å². The molecule has 5 heteroatoms. The molecule has 0 aromatic carbocycles. The van der Waals surface area contributed by atoms with E-state index in [0.29, 0.717) is 11.3 Å². The zero-order valence-electron chi connectivity index (χ0n) is 10.1. The molecule has 0 spiro atoms. The van der Waals surface area contributed by atoms with Gasteiger partial charge in [0, 0.05) is 5.56 Å². The highest BCUT2D eigenvalue weighted by atomic mass is 16.5. The van der Waals surface area contributed by atoms with E-state index in [2.05, 4.69) is 0 Å². The van der Waals surface area contributed by atoms with Gasteiger partial charge in [0.25, 0.3) is 0 Å². The van der Waals surface area contributed by atoms with Crippen LogP contribution in [-0.2, 0) is 4.74 Å². The molecule has 1 aliphatic heterocycles. The first-order valence-electron chi connectivity index (χ1n) is 5.46. The topological polar surface area (TPSA) is 65.7 Å². The SMILES string of the molecule is CCOC(=O)c1c2ccccc(OC)c-2oc1=O. The van der Waals surface area contributed by atoms with E-state index in [4.69, 9.17) is 13.9 Å². The summed E-state index contributed by atoms with van der Waals surface area (Å²) in [4.78, 5) is 23.4. The maximum Gasteiger partial charge on any atom is 0.351 e. The minimum atomic E-state index is -0.715. The number of hydrogen-bond acceptors (Lipinski definition) is 5. The summed E-state index contributed by atoms with van der Waals surface area (Å²) in [6, 6.07) is 6.70. The first-order chi connectivity index (χ1) is 8.69. The van der Waals surface area contributed by atoms with Crippen LogP contribution in [0.3, 0.4) is 0 Å². The Labute approximate surface area is 103 Å². The van der Waals surface area contributed by atoms with Gasteiger partial charge in [0.1, 0.15) is 0 Å². The standard InChI is InChI=1S/C13H12O5/c1-3-17-12(14)10-8-6-4-5-7-9(16-2)11(8)18-13(10)15/h4-7H,3H2,1-2H3. The molecule has 18 heavy (non-hydrogen) atoms. The van der Waals surface area contributed by atoms with Gasteiger partial charge in [-0.05, 0) is 19.1 Å². The second-order valence-corrected chi connectivity index (χ2v) is 3.51. The molecule has 0 saturated carbocycles. The van der Waals surface area contributed by atoms with E-state index in [1.165, 1.54) is 7.11 Å². The lowest BCUT2D eigenvalue weighted by molar-refractivity contribution is 0.0524. The largest absolute Gasteiger partial charge is 0.493 e. The summed E-state index contributed by atoms with van der Waals surface area (Å²) in [6.07, 6.45) is 0. The molecule has 0 bridgehead atoms. The highest BCUT2D eigenvalue weighted by Crippen LogP contribution is 2.32. The summed E-state index contributed by atoms with van der Waals surface area (Å²) < 4.78 is 15.0. The van der Waals surface area contributed by atoms with Crippen LogP contribution >= 0.6 is 0 Å². The van der Waals surface area contributed by atoms with Crippen molar-refractivity contribution in [2.75, 3.05) is 13.7 Å². The fraction of sp³-hybridized carbons (Fsp3) is 0.231. The van der Waals surface area contributed by atoms with E-state index < -0.39 is 11.6 Å². The Bertz CT molecular complexity index is 599. The number of esters is 1. The molecule has 94 valence electrons. The van der Waals surface area contributed by atoms with Crippen LogP contribution < -0.4 is 10.4 Å². The maximum absolute atomic E-state index is 11.7. The summed E-state index contributed by atoms with van der Waals surface area (Å²) in [7, 11) is 1.46. The van der Waals surface area contributed by atoms with Gasteiger partial charge in [0.2, 0.25) is 0 Å². The minimum absolute atomic E-state index is 0.0960. The quantitative estimate of drug-likeness (QED) is 0.776. The van der Waals surface area contributed by atoms with Crippen LogP contribution in [0, 0.1) is 0 Å². The summed E-state index contributed by atoms with van der Waals surface area (Å²) in [5, 5.41) is 0. The molecule has 5 nitrogen and oxygen atoms in total. The van der Waals surface area contributed by atoms with Crippen molar-refractivity contribution in [2.24, 2.45) is 0 Å². The first kappa shape index (κ1) is 12.2. The monoisotopic (exact) mass is 248 g/mol. The Balaban J connectivity index is 2.66. The molecule has 0 N–H and O–H groups in total. The van der Waals surface area contributed by atoms with E-state index in [-0.39, 0.29) is 17.9 Å². The average Bonchev–Trinajstić information content (AvgIpc) is 2.54. The predicted molar refractivity (Wildman–Crippen MR) is 64.1 cm³/mol. The van der Waals surface area contributed by atoms with Crippen molar-refractivity contribution in [3.63, 3.8) is 0 Å². The Kier molecular flexibility index (Phi) is 3.32. The Morgan fingerprint density at radius 3 is 2.72 bits per heavy atom. The van der Waals surface area contributed by atoms with Crippen molar-refractivity contribution in [1.82, 2.24) is 0 Å². The normalized spacial score (nSPS) is 10.3. The summed E-state index contributed by atoms with van der Waals surface area (Å²) in [5.74, 6) is -0.0484. The number of rotatable bonds is 3. The number of furan rings is 1. The Morgan fingerprint density at radius 2 is 2.06 bits per heavy atom. The van der Waals surface area contributed by atoms with Crippen LogP contribution in [0.1, 0.15) is 17.3 Å².